The Hall–Kier alpha value is -2.48. The third-order valence-corrected chi connectivity index (χ3v) is 4.45. The highest BCUT2D eigenvalue weighted by Gasteiger charge is 2.49. The Morgan fingerprint density at radius 3 is 2.05 bits per heavy atom. The van der Waals surface area contributed by atoms with E-state index >= 15 is 0 Å². The van der Waals surface area contributed by atoms with E-state index in [2.05, 4.69) is 9.47 Å². The van der Waals surface area contributed by atoms with Crippen molar-refractivity contribution in [3.05, 3.63) is 48.0 Å². The average molecular weight is 324 g/mol. The van der Waals surface area contributed by atoms with Crippen LogP contribution in [0.3, 0.4) is 0 Å². The van der Waals surface area contributed by atoms with Crippen molar-refractivity contribution in [1.29, 1.82) is 0 Å². The maximum absolute atomic E-state index is 12.2. The first-order valence-electron chi connectivity index (χ1n) is 6.18. The fourth-order valence-corrected chi connectivity index (χ4v) is 3.24. The summed E-state index contributed by atoms with van der Waals surface area (Å²) in [5.74, 6) is -5.19. The van der Waals surface area contributed by atoms with Crippen LogP contribution < -0.4 is 0 Å². The number of sulfone groups is 1. The molecule has 0 atom stereocenters. The van der Waals surface area contributed by atoms with E-state index < -0.39 is 38.4 Å². The van der Waals surface area contributed by atoms with Gasteiger partial charge in [-0.2, -0.15) is 0 Å². The molecule has 2 rings (SSSR count). The number of hydrogen-bond donors (Lipinski definition) is 0. The van der Waals surface area contributed by atoms with Gasteiger partial charge in [-0.25, -0.2) is 18.0 Å². The summed E-state index contributed by atoms with van der Waals surface area (Å²) in [7, 11) is -4.36. The molecule has 1 aliphatic rings. The van der Waals surface area contributed by atoms with Crippen LogP contribution in [-0.4, -0.2) is 31.3 Å². The van der Waals surface area contributed by atoms with E-state index in [0.717, 1.165) is 19.1 Å². The molecule has 1 aliphatic heterocycles. The quantitative estimate of drug-likeness (QED) is 0.746. The number of hydrogen-bond acceptors (Lipinski definition) is 7. The second-order valence-corrected chi connectivity index (χ2v) is 6.54. The number of carbonyl (C=O) groups excluding carboxylic acids is 3. The number of carbonyl (C=O) groups is 3. The fraction of sp³-hybridized carbons (Fsp3) is 0.214. The van der Waals surface area contributed by atoms with E-state index in [1.165, 1.54) is 12.1 Å². The molecule has 0 radical (unpaired) electrons. The molecule has 0 aliphatic carbocycles. The van der Waals surface area contributed by atoms with E-state index in [9.17, 15) is 22.8 Å². The Morgan fingerprint density at radius 1 is 1.05 bits per heavy atom. The average Bonchev–Trinajstić information content (AvgIpc) is 2.57. The van der Waals surface area contributed by atoms with Crippen molar-refractivity contribution in [1.82, 2.24) is 0 Å². The first-order chi connectivity index (χ1) is 10.2. The smallest absolute Gasteiger partial charge is 0.334 e. The molecule has 1 aromatic carbocycles. The largest absolute Gasteiger partial charge is 0.411 e. The first-order valence-corrected chi connectivity index (χ1v) is 7.83. The van der Waals surface area contributed by atoms with Gasteiger partial charge in [0.15, 0.2) is 0 Å². The fourth-order valence-electron chi connectivity index (χ4n) is 1.83. The standard InChI is InChI=1S/C14H12O7S/c1-14(20-11(15)7-8-12(16)21-14)13(17)22(18,19)9-10-5-3-2-4-6-10/h2-8H,9H2,1H3. The number of cyclic esters (lactones) is 2. The van der Waals surface area contributed by atoms with E-state index in [0.29, 0.717) is 5.56 Å². The summed E-state index contributed by atoms with van der Waals surface area (Å²) in [5.41, 5.74) is 0.379. The van der Waals surface area contributed by atoms with Crippen LogP contribution in [0, 0.1) is 0 Å². The Labute approximate surface area is 126 Å². The highest BCUT2D eigenvalue weighted by Crippen LogP contribution is 2.23. The van der Waals surface area contributed by atoms with Gasteiger partial charge in [0.2, 0.25) is 9.84 Å². The third kappa shape index (κ3) is 3.40. The van der Waals surface area contributed by atoms with Crippen LogP contribution in [0.2, 0.25) is 0 Å². The molecular formula is C14H12O7S. The summed E-state index contributed by atoms with van der Waals surface area (Å²) in [6, 6.07) is 7.98. The van der Waals surface area contributed by atoms with E-state index in [-0.39, 0.29) is 0 Å². The van der Waals surface area contributed by atoms with Crippen LogP contribution in [0.5, 0.6) is 0 Å². The number of esters is 2. The topological polar surface area (TPSA) is 104 Å². The van der Waals surface area contributed by atoms with Crippen LogP contribution in [0.15, 0.2) is 42.5 Å². The Kier molecular flexibility index (Phi) is 4.14. The third-order valence-electron chi connectivity index (χ3n) is 2.80. The van der Waals surface area contributed by atoms with Crippen molar-refractivity contribution >= 4 is 26.9 Å². The van der Waals surface area contributed by atoms with Crippen molar-refractivity contribution in [3.63, 3.8) is 0 Å². The molecule has 0 spiro atoms. The summed E-state index contributed by atoms with van der Waals surface area (Å²) in [4.78, 5) is 34.9. The summed E-state index contributed by atoms with van der Waals surface area (Å²) >= 11 is 0. The van der Waals surface area contributed by atoms with Crippen LogP contribution in [0.1, 0.15) is 12.5 Å². The minimum atomic E-state index is -4.36. The van der Waals surface area contributed by atoms with E-state index in [1.807, 2.05) is 0 Å². The molecule has 8 heteroatoms. The molecule has 0 aromatic heterocycles. The van der Waals surface area contributed by atoms with Gasteiger partial charge in [0, 0.05) is 19.1 Å². The van der Waals surface area contributed by atoms with Gasteiger partial charge in [0.25, 0.3) is 0 Å². The lowest BCUT2D eigenvalue weighted by molar-refractivity contribution is -0.208. The zero-order valence-electron chi connectivity index (χ0n) is 11.5. The van der Waals surface area contributed by atoms with Gasteiger partial charge in [-0.05, 0) is 5.56 Å². The van der Waals surface area contributed by atoms with E-state index in [1.54, 1.807) is 18.2 Å². The lowest BCUT2D eigenvalue weighted by Crippen LogP contribution is -2.47. The molecule has 0 amide bonds. The number of benzene rings is 1. The Bertz CT molecular complexity index is 727. The Morgan fingerprint density at radius 2 is 1.55 bits per heavy atom. The van der Waals surface area contributed by atoms with Gasteiger partial charge in [0.1, 0.15) is 0 Å². The lowest BCUT2D eigenvalue weighted by Gasteiger charge is -2.24. The zero-order chi connectivity index (χ0) is 16.4. The second kappa shape index (κ2) is 5.72. The molecule has 0 bridgehead atoms. The van der Waals surface area contributed by atoms with Crippen molar-refractivity contribution in [2.24, 2.45) is 0 Å². The minimum Gasteiger partial charge on any atom is -0.411 e. The zero-order valence-corrected chi connectivity index (χ0v) is 12.3. The molecule has 7 nitrogen and oxygen atoms in total. The van der Waals surface area contributed by atoms with Crippen LogP contribution in [0.25, 0.3) is 0 Å². The summed E-state index contributed by atoms with van der Waals surface area (Å²) < 4.78 is 33.7. The van der Waals surface area contributed by atoms with Crippen molar-refractivity contribution < 1.29 is 32.3 Å². The molecule has 0 unspecified atom stereocenters. The van der Waals surface area contributed by atoms with Crippen LogP contribution in [-0.2, 0) is 39.4 Å². The highest BCUT2D eigenvalue weighted by atomic mass is 32.2. The summed E-state index contributed by atoms with van der Waals surface area (Å²) in [6.45, 7) is 0.917. The minimum absolute atomic E-state index is 0.379. The molecule has 22 heavy (non-hydrogen) atoms. The molecule has 0 saturated carbocycles. The molecule has 0 fully saturated rings. The normalized spacial score (nSPS) is 17.3. The van der Waals surface area contributed by atoms with Gasteiger partial charge < -0.3 is 9.47 Å². The van der Waals surface area contributed by atoms with Crippen molar-refractivity contribution in [2.45, 2.75) is 18.5 Å². The van der Waals surface area contributed by atoms with Crippen molar-refractivity contribution in [2.75, 3.05) is 0 Å². The van der Waals surface area contributed by atoms with Gasteiger partial charge in [-0.1, -0.05) is 30.3 Å². The molecule has 116 valence electrons. The molecule has 1 aromatic rings. The lowest BCUT2D eigenvalue weighted by atomic mass is 10.2. The number of rotatable bonds is 3. The van der Waals surface area contributed by atoms with Gasteiger partial charge in [-0.3, -0.25) is 4.79 Å². The maximum Gasteiger partial charge on any atom is 0.334 e. The Balaban J connectivity index is 2.29. The SMILES string of the molecule is CC1(C(=O)S(=O)(=O)Cc2ccccc2)OC(=O)C=CC(=O)O1. The molecule has 1 heterocycles. The number of ether oxygens (including phenoxy) is 2. The van der Waals surface area contributed by atoms with Gasteiger partial charge in [0.05, 0.1) is 5.75 Å². The predicted molar refractivity (Wildman–Crippen MR) is 73.8 cm³/mol. The van der Waals surface area contributed by atoms with Gasteiger partial charge in [-0.15, -0.1) is 0 Å². The highest BCUT2D eigenvalue weighted by molar-refractivity contribution is 8.05. The summed E-state index contributed by atoms with van der Waals surface area (Å²) in [5, 5.41) is -1.49. The predicted octanol–water partition coefficient (Wildman–Crippen LogP) is 0.500. The second-order valence-electron chi connectivity index (χ2n) is 4.65. The van der Waals surface area contributed by atoms with Gasteiger partial charge >= 0.3 is 22.8 Å². The van der Waals surface area contributed by atoms with E-state index in [4.69, 9.17) is 0 Å². The summed E-state index contributed by atoms with van der Waals surface area (Å²) in [6.07, 6.45) is 1.51. The first kappa shape index (κ1) is 15.9. The van der Waals surface area contributed by atoms with Crippen LogP contribution >= 0.6 is 0 Å². The monoisotopic (exact) mass is 324 g/mol. The van der Waals surface area contributed by atoms with Crippen molar-refractivity contribution in [3.8, 4) is 0 Å². The molecule has 0 saturated heterocycles. The molecular weight excluding hydrogens is 312 g/mol. The van der Waals surface area contributed by atoms with Crippen LogP contribution in [0.4, 0.5) is 0 Å². The molecule has 0 N–H and O–H groups in total. The maximum atomic E-state index is 12.2.